The Kier molecular flexibility index (Phi) is 9.65. The molecule has 0 radical (unpaired) electrons. The van der Waals surface area contributed by atoms with Crippen molar-refractivity contribution in [1.82, 2.24) is 14.9 Å². The van der Waals surface area contributed by atoms with Gasteiger partial charge in [0.05, 0.1) is 42.7 Å². The minimum absolute atomic E-state index is 0.00992. The molecular formula is C40H38N4O5. The van der Waals surface area contributed by atoms with Crippen LogP contribution in [0.25, 0.3) is 11.0 Å². The van der Waals surface area contributed by atoms with Crippen LogP contribution < -0.4 is 15.4 Å². The summed E-state index contributed by atoms with van der Waals surface area (Å²) in [4.78, 5) is 17.2. The first-order valence-corrected chi connectivity index (χ1v) is 16.4. The van der Waals surface area contributed by atoms with Gasteiger partial charge in [-0.3, -0.25) is 0 Å². The van der Waals surface area contributed by atoms with Gasteiger partial charge in [-0.1, -0.05) is 85.8 Å². The number of ether oxygens (including phenoxy) is 3. The quantitative estimate of drug-likeness (QED) is 0.138. The van der Waals surface area contributed by atoms with Crippen LogP contribution in [0.4, 0.5) is 10.5 Å². The Labute approximate surface area is 285 Å². The van der Waals surface area contributed by atoms with Gasteiger partial charge < -0.3 is 34.5 Å². The molecule has 0 bridgehead atoms. The predicted molar refractivity (Wildman–Crippen MR) is 188 cm³/mol. The number of carbonyl (C=O) groups is 1. The Hall–Kier alpha value is -5.48. The Balaban J connectivity index is 1.00. The molecule has 49 heavy (non-hydrogen) atoms. The number of imidazole rings is 1. The number of hydrogen-bond acceptors (Lipinski definition) is 6. The van der Waals surface area contributed by atoms with Crippen molar-refractivity contribution in [2.45, 2.75) is 45.1 Å². The van der Waals surface area contributed by atoms with E-state index in [9.17, 15) is 9.90 Å². The minimum Gasteiger partial charge on any atom is -0.457 e. The summed E-state index contributed by atoms with van der Waals surface area (Å²) in [6, 6.07) is 40.4. The second kappa shape index (κ2) is 14.7. The number of nitrogens with one attached hydrogen (secondary N) is 2. The maximum absolute atomic E-state index is 12.7. The molecule has 1 aliphatic rings. The summed E-state index contributed by atoms with van der Waals surface area (Å²) in [6.45, 7) is 3.11. The average Bonchev–Trinajstić information content (AvgIpc) is 3.55. The third kappa shape index (κ3) is 7.65. The van der Waals surface area contributed by atoms with Gasteiger partial charge in [0.25, 0.3) is 0 Å². The predicted octanol–water partition coefficient (Wildman–Crippen LogP) is 8.13. The van der Waals surface area contributed by atoms with Crippen LogP contribution in [0.1, 0.15) is 41.6 Å². The van der Waals surface area contributed by atoms with Crippen molar-refractivity contribution >= 4 is 22.8 Å². The van der Waals surface area contributed by atoms with E-state index < -0.39 is 6.29 Å². The van der Waals surface area contributed by atoms with Crippen molar-refractivity contribution in [3.63, 3.8) is 0 Å². The lowest BCUT2D eigenvalue weighted by Crippen LogP contribution is -2.39. The van der Waals surface area contributed by atoms with E-state index in [2.05, 4.69) is 33.2 Å². The van der Waals surface area contributed by atoms with Crippen LogP contribution in [0.2, 0.25) is 0 Å². The number of hydrogen-bond donors (Lipinski definition) is 3. The number of fused-ring (bicyclic) bond motifs is 1. The van der Waals surface area contributed by atoms with Gasteiger partial charge in [0.2, 0.25) is 0 Å². The highest BCUT2D eigenvalue weighted by Gasteiger charge is 2.38. The first-order chi connectivity index (χ1) is 24.0. The number of nitrogens with zero attached hydrogens (tertiary/aromatic N) is 2. The van der Waals surface area contributed by atoms with Gasteiger partial charge in [-0.25, -0.2) is 9.78 Å². The number of carbonyl (C=O) groups excluding carboxylic acids is 1. The van der Waals surface area contributed by atoms with Gasteiger partial charge >= 0.3 is 6.03 Å². The number of rotatable bonds is 10. The number of anilines is 1. The molecule has 0 unspecified atom stereocenters. The molecule has 0 saturated carbocycles. The number of amides is 2. The number of benzene rings is 5. The van der Waals surface area contributed by atoms with Crippen LogP contribution in [0.3, 0.4) is 0 Å². The highest BCUT2D eigenvalue weighted by molar-refractivity contribution is 5.89. The summed E-state index contributed by atoms with van der Waals surface area (Å²) in [5.41, 5.74) is 6.36. The topological polar surface area (TPSA) is 107 Å². The van der Waals surface area contributed by atoms with E-state index in [1.165, 1.54) is 0 Å². The van der Waals surface area contributed by atoms with E-state index in [1.54, 1.807) is 12.1 Å². The van der Waals surface area contributed by atoms with Gasteiger partial charge in [-0.2, -0.15) is 0 Å². The largest absolute Gasteiger partial charge is 0.457 e. The average molecular weight is 655 g/mol. The van der Waals surface area contributed by atoms with E-state index in [1.807, 2.05) is 116 Å². The van der Waals surface area contributed by atoms with Crippen molar-refractivity contribution < 1.29 is 24.1 Å². The van der Waals surface area contributed by atoms with Crippen LogP contribution in [0.5, 0.6) is 11.5 Å². The maximum Gasteiger partial charge on any atom is 0.319 e. The normalized spacial score (nSPS) is 19.0. The lowest BCUT2D eigenvalue weighted by Gasteiger charge is -2.41. The highest BCUT2D eigenvalue weighted by atomic mass is 16.7. The zero-order chi connectivity index (χ0) is 33.6. The van der Waals surface area contributed by atoms with Crippen LogP contribution in [0.15, 0.2) is 134 Å². The number of aliphatic hydroxyl groups is 1. The molecule has 0 spiro atoms. The van der Waals surface area contributed by atoms with Gasteiger partial charge in [0.1, 0.15) is 11.5 Å². The first-order valence-electron chi connectivity index (χ1n) is 16.4. The Morgan fingerprint density at radius 2 is 1.47 bits per heavy atom. The van der Waals surface area contributed by atoms with E-state index >= 15 is 0 Å². The molecule has 9 nitrogen and oxygen atoms in total. The molecule has 3 N–H and O–H groups in total. The number of aromatic nitrogens is 2. The van der Waals surface area contributed by atoms with Crippen LogP contribution in [-0.2, 0) is 29.2 Å². The van der Waals surface area contributed by atoms with Crippen molar-refractivity contribution in [1.29, 1.82) is 0 Å². The summed E-state index contributed by atoms with van der Waals surface area (Å²) < 4.78 is 21.2. The monoisotopic (exact) mass is 654 g/mol. The summed E-state index contributed by atoms with van der Waals surface area (Å²) >= 11 is 0. The molecule has 2 heterocycles. The minimum atomic E-state index is -0.599. The van der Waals surface area contributed by atoms with E-state index in [0.717, 1.165) is 39.0 Å². The highest BCUT2D eigenvalue weighted by Crippen LogP contribution is 2.42. The Morgan fingerprint density at radius 3 is 2.22 bits per heavy atom. The van der Waals surface area contributed by atoms with Crippen LogP contribution in [0, 0.1) is 5.92 Å². The van der Waals surface area contributed by atoms with E-state index in [-0.39, 0.29) is 30.8 Å². The number of aliphatic hydroxyl groups excluding tert-OH is 1. The number of para-hydroxylation sites is 3. The third-order valence-corrected chi connectivity index (χ3v) is 8.82. The summed E-state index contributed by atoms with van der Waals surface area (Å²) in [6.07, 6.45) is 0.875. The van der Waals surface area contributed by atoms with Crippen molar-refractivity contribution in [2.24, 2.45) is 5.92 Å². The summed E-state index contributed by atoms with van der Waals surface area (Å²) in [5, 5.41) is 15.4. The van der Waals surface area contributed by atoms with Gasteiger partial charge in [0.15, 0.2) is 6.29 Å². The first kappa shape index (κ1) is 32.1. The van der Waals surface area contributed by atoms with Gasteiger partial charge in [-0.05, 0) is 65.2 Å². The molecule has 1 fully saturated rings. The molecule has 5 aromatic carbocycles. The van der Waals surface area contributed by atoms with Crippen molar-refractivity contribution in [3.8, 4) is 11.5 Å². The molecule has 6 aromatic rings. The van der Waals surface area contributed by atoms with Crippen molar-refractivity contribution in [3.05, 3.63) is 156 Å². The van der Waals surface area contributed by atoms with E-state index in [0.29, 0.717) is 24.5 Å². The fraction of sp³-hybridized carbons (Fsp3) is 0.200. The summed E-state index contributed by atoms with van der Waals surface area (Å²) in [7, 11) is 0. The molecule has 9 heteroatoms. The molecule has 1 aromatic heterocycles. The lowest BCUT2D eigenvalue weighted by atomic mass is 9.90. The molecule has 2 amide bonds. The zero-order valence-electron chi connectivity index (χ0n) is 27.1. The fourth-order valence-corrected chi connectivity index (χ4v) is 6.06. The Bertz CT molecular complexity index is 1980. The molecule has 248 valence electrons. The standard InChI is InChI=1S/C40H38N4O5/c1-27-37(24-44-26-42-35-9-5-6-10-36(35)44)48-39(49-38(27)30-15-13-29(25-45)14-16-30)31-17-11-28(12-18-31)23-41-40(46)43-32-19-21-34(22-20-32)47-33-7-3-2-4-8-33/h2-22,26-27,37-39,45H,23-25H2,1H3,(H2,41,43,46)/t27-,37+,38+,39+/m1/s1. The third-order valence-electron chi connectivity index (χ3n) is 8.82. The van der Waals surface area contributed by atoms with Gasteiger partial charge in [-0.15, -0.1) is 0 Å². The maximum atomic E-state index is 12.7. The summed E-state index contributed by atoms with van der Waals surface area (Å²) in [5.74, 6) is 1.47. The van der Waals surface area contributed by atoms with E-state index in [4.69, 9.17) is 14.2 Å². The molecule has 1 saturated heterocycles. The smallest absolute Gasteiger partial charge is 0.319 e. The molecule has 7 rings (SSSR count). The molecule has 4 atom stereocenters. The molecule has 0 aliphatic carbocycles. The fourth-order valence-electron chi connectivity index (χ4n) is 6.06. The second-order valence-electron chi connectivity index (χ2n) is 12.2. The zero-order valence-corrected chi connectivity index (χ0v) is 27.1. The molecule has 1 aliphatic heterocycles. The molecular weight excluding hydrogens is 616 g/mol. The SMILES string of the molecule is C[C@@H]1[C@H](Cn2cnc3ccccc32)O[C@H](c2ccc(CNC(=O)Nc3ccc(Oc4ccccc4)cc3)cc2)O[C@@H]1c1ccc(CO)cc1. The lowest BCUT2D eigenvalue weighted by molar-refractivity contribution is -0.276. The second-order valence-corrected chi connectivity index (χ2v) is 12.2. The van der Waals surface area contributed by atoms with Crippen LogP contribution in [-0.4, -0.2) is 26.8 Å². The van der Waals surface area contributed by atoms with Crippen molar-refractivity contribution in [2.75, 3.05) is 5.32 Å². The van der Waals surface area contributed by atoms with Crippen LogP contribution >= 0.6 is 0 Å². The van der Waals surface area contributed by atoms with Gasteiger partial charge in [0, 0.05) is 23.7 Å². The Morgan fingerprint density at radius 1 is 0.796 bits per heavy atom. The number of urea groups is 1.